The van der Waals surface area contributed by atoms with E-state index >= 15 is 0 Å². The number of hydrogen-bond acceptors (Lipinski definition) is 6. The van der Waals surface area contributed by atoms with Crippen LogP contribution in [-0.4, -0.2) is 38.3 Å². The van der Waals surface area contributed by atoms with Crippen LogP contribution in [0.3, 0.4) is 0 Å². The van der Waals surface area contributed by atoms with Gasteiger partial charge in [0.05, 0.1) is 18.7 Å². The highest BCUT2D eigenvalue weighted by Crippen LogP contribution is 2.24. The van der Waals surface area contributed by atoms with Crippen LogP contribution in [0, 0.1) is 4.91 Å². The van der Waals surface area contributed by atoms with Gasteiger partial charge in [-0.1, -0.05) is 29.3 Å². The molecule has 0 spiro atoms. The fraction of sp³-hybridized carbons (Fsp3) is 0.364. The Hall–Kier alpha value is -3.82. The van der Waals surface area contributed by atoms with Crippen LogP contribution in [0.4, 0.5) is 11.5 Å². The van der Waals surface area contributed by atoms with E-state index in [1.165, 1.54) is 5.01 Å². The van der Waals surface area contributed by atoms with Gasteiger partial charge in [-0.3, -0.25) is 4.57 Å². The molecule has 0 unspecified atom stereocenters. The summed E-state index contributed by atoms with van der Waals surface area (Å²) in [7, 11) is 0. The minimum atomic E-state index is -0.658. The van der Waals surface area contributed by atoms with Crippen LogP contribution < -0.4 is 21.2 Å². The number of fused-ring (bicyclic) bond motifs is 3. The zero-order valence-corrected chi connectivity index (χ0v) is 18.4. The van der Waals surface area contributed by atoms with E-state index in [0.717, 1.165) is 5.56 Å². The third-order valence-corrected chi connectivity index (χ3v) is 4.85. The lowest BCUT2D eigenvalue weighted by molar-refractivity contribution is -0.828. The molecule has 0 aliphatic carbocycles. The van der Waals surface area contributed by atoms with Crippen LogP contribution >= 0.6 is 0 Å². The Bertz CT molecular complexity index is 1240. The SMILES string of the molecule is CC(C)(C)O[N+](=O)N1CC=CCCOc2cc3c([nH]c(=O)n3Cc3cccc1c3)c(N)n2. The Morgan fingerprint density at radius 3 is 2.84 bits per heavy atom. The minimum Gasteiger partial charge on any atom is -0.477 e. The van der Waals surface area contributed by atoms with Crippen LogP contribution in [0.1, 0.15) is 32.8 Å². The van der Waals surface area contributed by atoms with E-state index in [2.05, 4.69) is 9.97 Å². The van der Waals surface area contributed by atoms with Crippen LogP contribution in [-0.2, 0) is 11.4 Å². The Morgan fingerprint density at radius 1 is 1.25 bits per heavy atom. The average Bonchev–Trinajstić information content (AvgIpc) is 3.02. The van der Waals surface area contributed by atoms with Crippen LogP contribution in [0.15, 0.2) is 47.3 Å². The molecular formula is C22H27N6O4+. The number of nitrogen functional groups attached to an aromatic ring is 1. The third-order valence-electron chi connectivity index (χ3n) is 4.85. The maximum absolute atomic E-state index is 12.8. The standard InChI is InChI=1S/C22H26N6O4/c1-22(2,3)32-28(30)27-10-5-4-6-11-31-18-13-17-19(20(23)24-18)25-21(29)26(17)14-15-8-7-9-16(27)12-15/h4-5,7-9,12-13H,6,10-11,14H2,1-3H3,(H2-,23,24,25,29)/p+1. The molecule has 1 aliphatic heterocycles. The van der Waals surface area contributed by atoms with Gasteiger partial charge in [-0.15, -0.1) is 0 Å². The van der Waals surface area contributed by atoms with Gasteiger partial charge >= 0.3 is 10.7 Å². The van der Waals surface area contributed by atoms with Gasteiger partial charge in [0.25, 0.3) is 0 Å². The summed E-state index contributed by atoms with van der Waals surface area (Å²) < 4.78 is 7.31. The number of anilines is 2. The number of benzene rings is 1. The first-order valence-electron chi connectivity index (χ1n) is 10.4. The summed E-state index contributed by atoms with van der Waals surface area (Å²) in [6.07, 6.45) is 4.41. The van der Waals surface area contributed by atoms with E-state index < -0.39 is 5.60 Å². The normalized spacial score (nSPS) is 14.7. The van der Waals surface area contributed by atoms with Crippen molar-refractivity contribution in [3.63, 3.8) is 0 Å². The highest BCUT2D eigenvalue weighted by molar-refractivity contribution is 5.85. The molecule has 2 aromatic heterocycles. The Labute approximate surface area is 184 Å². The summed E-state index contributed by atoms with van der Waals surface area (Å²) >= 11 is 0. The summed E-state index contributed by atoms with van der Waals surface area (Å²) in [5.41, 5.74) is 7.63. The van der Waals surface area contributed by atoms with Gasteiger partial charge in [-0.2, -0.15) is 9.82 Å². The number of H-pyrrole nitrogens is 1. The topological polar surface area (TPSA) is 118 Å². The molecule has 3 heterocycles. The first-order chi connectivity index (χ1) is 15.2. The fourth-order valence-corrected chi connectivity index (χ4v) is 3.45. The molecule has 168 valence electrons. The van der Waals surface area contributed by atoms with E-state index in [1.54, 1.807) is 10.6 Å². The molecule has 10 heteroatoms. The van der Waals surface area contributed by atoms with Crippen molar-refractivity contribution >= 4 is 22.5 Å². The predicted molar refractivity (Wildman–Crippen MR) is 121 cm³/mol. The molecule has 0 amide bonds. The second kappa shape index (κ2) is 8.37. The van der Waals surface area contributed by atoms with Crippen LogP contribution in [0.25, 0.3) is 11.0 Å². The maximum Gasteiger partial charge on any atom is 0.365 e. The van der Waals surface area contributed by atoms with E-state index in [1.807, 2.05) is 57.2 Å². The number of aromatic nitrogens is 3. The first-order valence-corrected chi connectivity index (χ1v) is 10.4. The number of rotatable bonds is 2. The Balaban J connectivity index is 1.78. The molecule has 0 saturated heterocycles. The van der Waals surface area contributed by atoms with Crippen molar-refractivity contribution in [2.45, 2.75) is 39.3 Å². The molecule has 0 fully saturated rings. The Kier molecular flexibility index (Phi) is 5.60. The van der Waals surface area contributed by atoms with Gasteiger partial charge in [0.15, 0.2) is 11.4 Å². The first kappa shape index (κ1) is 21.4. The summed E-state index contributed by atoms with van der Waals surface area (Å²) in [6.45, 7) is 6.39. The number of imidazole rings is 1. The summed E-state index contributed by atoms with van der Waals surface area (Å²) in [6, 6.07) is 9.13. The molecule has 0 saturated carbocycles. The van der Waals surface area contributed by atoms with Crippen LogP contribution in [0.5, 0.6) is 5.88 Å². The average molecular weight is 439 g/mol. The molecule has 0 radical (unpaired) electrons. The van der Waals surface area contributed by atoms with Crippen LogP contribution in [0.2, 0.25) is 0 Å². The van der Waals surface area contributed by atoms with Crippen molar-refractivity contribution in [3.8, 4) is 5.88 Å². The number of hydrazine groups is 1. The summed E-state index contributed by atoms with van der Waals surface area (Å²) in [5.74, 6) is 0.556. The second-order valence-electron chi connectivity index (χ2n) is 8.56. The molecule has 1 aromatic carbocycles. The number of nitrogens with one attached hydrogen (secondary N) is 1. The van der Waals surface area contributed by atoms with Gasteiger partial charge in [-0.25, -0.2) is 4.79 Å². The molecule has 3 aromatic rings. The highest BCUT2D eigenvalue weighted by Gasteiger charge is 2.31. The number of nitrogens with two attached hydrogens (primary N) is 1. The van der Waals surface area contributed by atoms with Crippen molar-refractivity contribution in [1.29, 1.82) is 0 Å². The van der Waals surface area contributed by atoms with E-state index in [9.17, 15) is 9.70 Å². The molecule has 1 aliphatic rings. The van der Waals surface area contributed by atoms with Crippen molar-refractivity contribution < 1.29 is 14.6 Å². The zero-order valence-electron chi connectivity index (χ0n) is 18.4. The molecular weight excluding hydrogens is 412 g/mol. The summed E-state index contributed by atoms with van der Waals surface area (Å²) in [5, 5.41) is 1.99. The lowest BCUT2D eigenvalue weighted by Crippen LogP contribution is -2.39. The number of ether oxygens (including phenoxy) is 1. The van der Waals surface area contributed by atoms with Crippen molar-refractivity contribution in [1.82, 2.24) is 14.5 Å². The van der Waals surface area contributed by atoms with E-state index in [4.69, 9.17) is 15.3 Å². The van der Waals surface area contributed by atoms with Crippen molar-refractivity contribution in [2.24, 2.45) is 0 Å². The number of aromatic amines is 1. The monoisotopic (exact) mass is 439 g/mol. The lowest BCUT2D eigenvalue weighted by Gasteiger charge is -2.17. The fourth-order valence-electron chi connectivity index (χ4n) is 3.45. The quantitative estimate of drug-likeness (QED) is 0.465. The second-order valence-corrected chi connectivity index (χ2v) is 8.56. The van der Waals surface area contributed by atoms with Gasteiger partial charge in [0.2, 0.25) is 5.88 Å². The lowest BCUT2D eigenvalue weighted by atomic mass is 10.2. The maximum atomic E-state index is 12.8. The van der Waals surface area contributed by atoms with Gasteiger partial charge in [0.1, 0.15) is 22.7 Å². The highest BCUT2D eigenvalue weighted by atomic mass is 16.8. The number of nitrogens with zero attached hydrogens (tertiary/aromatic N) is 4. The van der Waals surface area contributed by atoms with Gasteiger partial charge in [-0.05, 0) is 44.9 Å². The Morgan fingerprint density at radius 2 is 2.06 bits per heavy atom. The largest absolute Gasteiger partial charge is 0.477 e. The molecule has 32 heavy (non-hydrogen) atoms. The summed E-state index contributed by atoms with van der Waals surface area (Å²) in [4.78, 5) is 38.0. The predicted octanol–water partition coefficient (Wildman–Crippen LogP) is 2.92. The van der Waals surface area contributed by atoms with Gasteiger partial charge < -0.3 is 15.5 Å². The molecule has 0 atom stereocenters. The number of pyridine rings is 1. The smallest absolute Gasteiger partial charge is 0.365 e. The van der Waals surface area contributed by atoms with Gasteiger partial charge in [0, 0.05) is 6.07 Å². The molecule has 3 N–H and O–H groups in total. The zero-order chi connectivity index (χ0) is 22.9. The third kappa shape index (κ3) is 4.58. The van der Waals surface area contributed by atoms with Crippen molar-refractivity contribution in [2.75, 3.05) is 23.9 Å². The molecule has 4 bridgehead atoms. The van der Waals surface area contributed by atoms with E-state index in [0.29, 0.717) is 47.2 Å². The molecule has 4 rings (SSSR count). The van der Waals surface area contributed by atoms with Crippen molar-refractivity contribution in [3.05, 3.63) is 63.4 Å². The number of hydrogen-bond donors (Lipinski definition) is 2. The van der Waals surface area contributed by atoms with E-state index in [-0.39, 0.29) is 18.1 Å². The minimum absolute atomic E-state index is 0.203. The molecule has 10 nitrogen and oxygen atoms in total.